The van der Waals surface area contributed by atoms with Crippen LogP contribution in [-0.4, -0.2) is 47.6 Å². The first-order valence-electron chi connectivity index (χ1n) is 9.40. The zero-order valence-corrected chi connectivity index (χ0v) is 17.4. The molecule has 0 bridgehead atoms. The van der Waals surface area contributed by atoms with Gasteiger partial charge in [0.15, 0.2) is 0 Å². The zero-order valence-electron chi connectivity index (χ0n) is 15.8. The molecule has 0 atom stereocenters. The Bertz CT molecular complexity index is 945. The van der Waals surface area contributed by atoms with Crippen LogP contribution in [0.4, 0.5) is 0 Å². The minimum Gasteiger partial charge on any atom is -0.496 e. The van der Waals surface area contributed by atoms with Gasteiger partial charge in [-0.25, -0.2) is 4.98 Å². The van der Waals surface area contributed by atoms with Crippen LogP contribution in [-0.2, 0) is 6.54 Å². The Hall–Kier alpha value is -1.89. The standard InChI is InChI=1S/C21H25BrN4O/c1-15-12-16(4-6-19(15)27-2)21-18(14-25-10-3-8-23-9-11-25)26-13-17(22)5-7-20(26)24-21/h4-7,12-13,23H,3,8-11,14H2,1-2H3. The van der Waals surface area contributed by atoms with Gasteiger partial charge in [-0.3, -0.25) is 4.90 Å². The van der Waals surface area contributed by atoms with Gasteiger partial charge in [0.05, 0.1) is 18.5 Å². The highest BCUT2D eigenvalue weighted by Gasteiger charge is 2.19. The second-order valence-corrected chi connectivity index (χ2v) is 7.96. The number of nitrogens with one attached hydrogen (secondary N) is 1. The molecule has 1 aliphatic heterocycles. The van der Waals surface area contributed by atoms with E-state index >= 15 is 0 Å². The van der Waals surface area contributed by atoms with Crippen molar-refractivity contribution in [1.29, 1.82) is 0 Å². The van der Waals surface area contributed by atoms with Crippen LogP contribution < -0.4 is 10.1 Å². The number of hydrogen-bond donors (Lipinski definition) is 1. The van der Waals surface area contributed by atoms with E-state index in [1.54, 1.807) is 7.11 Å². The Morgan fingerprint density at radius 3 is 2.89 bits per heavy atom. The number of aryl methyl sites for hydroxylation is 1. The molecule has 0 radical (unpaired) electrons. The summed E-state index contributed by atoms with van der Waals surface area (Å²) in [6.45, 7) is 7.27. The molecule has 0 saturated carbocycles. The summed E-state index contributed by atoms with van der Waals surface area (Å²) in [7, 11) is 1.71. The monoisotopic (exact) mass is 428 g/mol. The third-order valence-electron chi connectivity index (χ3n) is 5.16. The topological polar surface area (TPSA) is 41.8 Å². The number of halogens is 1. The molecule has 2 aromatic heterocycles. The fraction of sp³-hybridized carbons (Fsp3) is 0.381. The Morgan fingerprint density at radius 1 is 1.19 bits per heavy atom. The van der Waals surface area contributed by atoms with Gasteiger partial charge >= 0.3 is 0 Å². The number of benzene rings is 1. The maximum atomic E-state index is 5.43. The third kappa shape index (κ3) is 3.88. The number of hydrogen-bond acceptors (Lipinski definition) is 4. The van der Waals surface area contributed by atoms with Crippen LogP contribution in [0, 0.1) is 6.92 Å². The van der Waals surface area contributed by atoms with E-state index in [1.807, 2.05) is 12.1 Å². The maximum absolute atomic E-state index is 5.43. The zero-order chi connectivity index (χ0) is 18.8. The average Bonchev–Trinajstić information content (AvgIpc) is 2.83. The highest BCUT2D eigenvalue weighted by atomic mass is 79.9. The lowest BCUT2D eigenvalue weighted by molar-refractivity contribution is 0.281. The quantitative estimate of drug-likeness (QED) is 0.684. The van der Waals surface area contributed by atoms with E-state index in [1.165, 1.54) is 12.1 Å². The van der Waals surface area contributed by atoms with Gasteiger partial charge in [-0.05, 0) is 78.3 Å². The van der Waals surface area contributed by atoms with Crippen molar-refractivity contribution in [2.24, 2.45) is 0 Å². The summed E-state index contributed by atoms with van der Waals surface area (Å²) >= 11 is 3.61. The van der Waals surface area contributed by atoms with Gasteiger partial charge in [0.25, 0.3) is 0 Å². The summed E-state index contributed by atoms with van der Waals surface area (Å²) in [5.41, 5.74) is 5.52. The molecule has 1 aromatic carbocycles. The predicted octanol–water partition coefficient (Wildman–Crippen LogP) is 3.88. The van der Waals surface area contributed by atoms with Crippen molar-refractivity contribution in [2.45, 2.75) is 19.9 Å². The van der Waals surface area contributed by atoms with E-state index in [4.69, 9.17) is 9.72 Å². The van der Waals surface area contributed by atoms with E-state index in [0.29, 0.717) is 0 Å². The molecule has 1 N–H and O–H groups in total. The van der Waals surface area contributed by atoms with Crippen molar-refractivity contribution in [2.75, 3.05) is 33.3 Å². The molecule has 3 heterocycles. The van der Waals surface area contributed by atoms with Crippen LogP contribution >= 0.6 is 15.9 Å². The molecule has 0 spiro atoms. The Morgan fingerprint density at radius 2 is 2.07 bits per heavy atom. The van der Waals surface area contributed by atoms with E-state index in [2.05, 4.69) is 61.9 Å². The van der Waals surface area contributed by atoms with Crippen molar-refractivity contribution in [3.05, 3.63) is 52.3 Å². The molecule has 1 aliphatic rings. The van der Waals surface area contributed by atoms with Gasteiger partial charge in [-0.15, -0.1) is 0 Å². The van der Waals surface area contributed by atoms with Gasteiger partial charge in [0.2, 0.25) is 0 Å². The van der Waals surface area contributed by atoms with Gasteiger partial charge < -0.3 is 14.5 Å². The van der Waals surface area contributed by atoms with Crippen molar-refractivity contribution < 1.29 is 4.74 Å². The third-order valence-corrected chi connectivity index (χ3v) is 5.62. The van der Waals surface area contributed by atoms with Gasteiger partial charge in [0, 0.05) is 35.9 Å². The summed E-state index contributed by atoms with van der Waals surface area (Å²) < 4.78 is 8.71. The number of methoxy groups -OCH3 is 1. The summed E-state index contributed by atoms with van der Waals surface area (Å²) in [6.07, 6.45) is 3.30. The average molecular weight is 429 g/mol. The van der Waals surface area contributed by atoms with Crippen LogP contribution in [0.15, 0.2) is 41.0 Å². The minimum absolute atomic E-state index is 0.889. The smallest absolute Gasteiger partial charge is 0.137 e. The Balaban J connectivity index is 1.80. The molecule has 27 heavy (non-hydrogen) atoms. The SMILES string of the molecule is COc1ccc(-c2nc3ccc(Br)cn3c2CN2CCCNCC2)cc1C. The fourth-order valence-corrected chi connectivity index (χ4v) is 4.08. The summed E-state index contributed by atoms with van der Waals surface area (Å²) in [5.74, 6) is 0.908. The van der Waals surface area contributed by atoms with Crippen LogP contribution in [0.3, 0.4) is 0 Å². The fourth-order valence-electron chi connectivity index (χ4n) is 3.75. The molecule has 4 rings (SSSR count). The molecule has 3 aromatic rings. The molecule has 5 nitrogen and oxygen atoms in total. The molecule has 0 aliphatic carbocycles. The predicted molar refractivity (Wildman–Crippen MR) is 112 cm³/mol. The number of imidazole rings is 1. The van der Waals surface area contributed by atoms with Crippen LogP contribution in [0.25, 0.3) is 16.9 Å². The van der Waals surface area contributed by atoms with Gasteiger partial charge in [-0.2, -0.15) is 0 Å². The highest BCUT2D eigenvalue weighted by molar-refractivity contribution is 9.10. The van der Waals surface area contributed by atoms with Gasteiger partial charge in [0.1, 0.15) is 11.4 Å². The number of pyridine rings is 1. The molecular formula is C21H25BrN4O. The lowest BCUT2D eigenvalue weighted by Crippen LogP contribution is -2.28. The van der Waals surface area contributed by atoms with Crippen LogP contribution in [0.2, 0.25) is 0 Å². The lowest BCUT2D eigenvalue weighted by Gasteiger charge is -2.20. The maximum Gasteiger partial charge on any atom is 0.137 e. The summed E-state index contributed by atoms with van der Waals surface area (Å²) in [4.78, 5) is 7.49. The first-order valence-corrected chi connectivity index (χ1v) is 10.2. The minimum atomic E-state index is 0.889. The molecule has 1 saturated heterocycles. The molecule has 1 fully saturated rings. The van der Waals surface area contributed by atoms with E-state index in [0.717, 1.165) is 65.4 Å². The molecular weight excluding hydrogens is 404 g/mol. The number of nitrogens with zero attached hydrogens (tertiary/aromatic N) is 3. The van der Waals surface area contributed by atoms with E-state index in [9.17, 15) is 0 Å². The van der Waals surface area contributed by atoms with E-state index in [-0.39, 0.29) is 0 Å². The lowest BCUT2D eigenvalue weighted by atomic mass is 10.1. The highest BCUT2D eigenvalue weighted by Crippen LogP contribution is 2.30. The Labute approximate surface area is 168 Å². The second kappa shape index (κ2) is 8.00. The molecule has 0 amide bonds. The first kappa shape index (κ1) is 18.5. The van der Waals surface area contributed by atoms with Crippen molar-refractivity contribution in [3.63, 3.8) is 0 Å². The number of aromatic nitrogens is 2. The largest absolute Gasteiger partial charge is 0.496 e. The van der Waals surface area contributed by atoms with Crippen molar-refractivity contribution in [3.8, 4) is 17.0 Å². The van der Waals surface area contributed by atoms with Crippen LogP contribution in [0.1, 0.15) is 17.7 Å². The normalized spacial score (nSPS) is 15.8. The number of fused-ring (bicyclic) bond motifs is 1. The van der Waals surface area contributed by atoms with Gasteiger partial charge in [-0.1, -0.05) is 0 Å². The number of rotatable bonds is 4. The van der Waals surface area contributed by atoms with Crippen molar-refractivity contribution in [1.82, 2.24) is 19.6 Å². The van der Waals surface area contributed by atoms with Crippen molar-refractivity contribution >= 4 is 21.6 Å². The van der Waals surface area contributed by atoms with Crippen LogP contribution in [0.5, 0.6) is 5.75 Å². The Kier molecular flexibility index (Phi) is 5.48. The summed E-state index contributed by atoms with van der Waals surface area (Å²) in [6, 6.07) is 10.4. The number of ether oxygens (including phenoxy) is 1. The molecule has 0 unspecified atom stereocenters. The second-order valence-electron chi connectivity index (χ2n) is 7.05. The first-order chi connectivity index (χ1) is 13.2. The molecule has 6 heteroatoms. The summed E-state index contributed by atoms with van der Waals surface area (Å²) in [5, 5.41) is 3.48. The van der Waals surface area contributed by atoms with E-state index < -0.39 is 0 Å². The molecule has 142 valence electrons.